The molecule has 0 bridgehead atoms. The van der Waals surface area contributed by atoms with Gasteiger partial charge in [-0.1, -0.05) is 11.3 Å². The van der Waals surface area contributed by atoms with Gasteiger partial charge in [0.1, 0.15) is 0 Å². The number of hydrogen-bond donors (Lipinski definition) is 1. The Hall–Kier alpha value is -1.56. The first kappa shape index (κ1) is 18.8. The van der Waals surface area contributed by atoms with Crippen molar-refractivity contribution in [2.24, 2.45) is 0 Å². The van der Waals surface area contributed by atoms with Crippen molar-refractivity contribution in [3.8, 4) is 0 Å². The molecule has 2 heterocycles. The summed E-state index contributed by atoms with van der Waals surface area (Å²) < 4.78 is 28.7. The number of benzene rings is 2. The Morgan fingerprint density at radius 3 is 2.52 bits per heavy atom. The average Bonchev–Trinajstić information content (AvgIpc) is 3.31. The van der Waals surface area contributed by atoms with Crippen molar-refractivity contribution in [2.75, 3.05) is 18.4 Å². The Morgan fingerprint density at radius 2 is 1.81 bits per heavy atom. The minimum atomic E-state index is -3.47. The summed E-state index contributed by atoms with van der Waals surface area (Å²) in [6.07, 6.45) is 1.80. The van der Waals surface area contributed by atoms with E-state index < -0.39 is 10.0 Å². The number of halogens is 1. The van der Waals surface area contributed by atoms with E-state index in [9.17, 15) is 13.2 Å². The molecule has 0 saturated carbocycles. The minimum absolute atomic E-state index is 0.240. The van der Waals surface area contributed by atoms with E-state index in [1.54, 1.807) is 30.3 Å². The second-order valence-corrected chi connectivity index (χ2v) is 10.4. The van der Waals surface area contributed by atoms with E-state index in [4.69, 9.17) is 0 Å². The maximum absolute atomic E-state index is 12.7. The van der Waals surface area contributed by atoms with Crippen molar-refractivity contribution >= 4 is 65.2 Å². The third-order valence-corrected chi connectivity index (χ3v) is 7.94. The normalized spacial score (nSPS) is 15.3. The summed E-state index contributed by atoms with van der Waals surface area (Å²) in [6, 6.07) is 12.2. The van der Waals surface area contributed by atoms with Gasteiger partial charge in [-0.25, -0.2) is 13.4 Å². The van der Waals surface area contributed by atoms with Crippen LogP contribution in [0.4, 0.5) is 5.13 Å². The van der Waals surface area contributed by atoms with Gasteiger partial charge in [-0.2, -0.15) is 4.31 Å². The molecule has 9 heteroatoms. The summed E-state index contributed by atoms with van der Waals surface area (Å²) >= 11 is 3.45. The minimum Gasteiger partial charge on any atom is -0.298 e. The van der Waals surface area contributed by atoms with Gasteiger partial charge in [-0.15, -0.1) is 0 Å². The molecule has 3 aromatic rings. The highest BCUT2D eigenvalue weighted by Gasteiger charge is 2.27. The predicted octanol–water partition coefficient (Wildman–Crippen LogP) is 3.94. The summed E-state index contributed by atoms with van der Waals surface area (Å²) in [5.41, 5.74) is 1.21. The van der Waals surface area contributed by atoms with Crippen LogP contribution >= 0.6 is 33.9 Å². The zero-order valence-electron chi connectivity index (χ0n) is 14.2. The van der Waals surface area contributed by atoms with Gasteiger partial charge in [-0.05, 0) is 77.9 Å². The van der Waals surface area contributed by atoms with Gasteiger partial charge < -0.3 is 0 Å². The summed E-state index contributed by atoms with van der Waals surface area (Å²) in [5.74, 6) is -0.240. The quantitative estimate of drug-likeness (QED) is 0.537. The molecule has 4 rings (SSSR count). The number of hydrogen-bond acceptors (Lipinski definition) is 5. The number of fused-ring (bicyclic) bond motifs is 1. The van der Waals surface area contributed by atoms with Crippen LogP contribution in [0.25, 0.3) is 10.2 Å². The molecule has 0 radical (unpaired) electrons. The van der Waals surface area contributed by atoms with Crippen LogP contribution in [0.5, 0.6) is 0 Å². The van der Waals surface area contributed by atoms with E-state index in [-0.39, 0.29) is 10.8 Å². The molecule has 6 nitrogen and oxygen atoms in total. The molecule has 1 aliphatic heterocycles. The van der Waals surface area contributed by atoms with Crippen LogP contribution in [0.2, 0.25) is 0 Å². The number of nitrogens with zero attached hydrogens (tertiary/aromatic N) is 2. The lowest BCUT2D eigenvalue weighted by Crippen LogP contribution is -2.27. The molecule has 2 aromatic carbocycles. The van der Waals surface area contributed by atoms with Crippen LogP contribution in [0, 0.1) is 3.57 Å². The molecule has 140 valence electrons. The molecular formula is C18H16IN3O3S2. The van der Waals surface area contributed by atoms with E-state index in [0.29, 0.717) is 29.3 Å². The summed E-state index contributed by atoms with van der Waals surface area (Å²) in [4.78, 5) is 17.0. The number of sulfonamides is 1. The molecule has 0 unspecified atom stereocenters. The van der Waals surface area contributed by atoms with Gasteiger partial charge in [-0.3, -0.25) is 10.1 Å². The lowest BCUT2D eigenvalue weighted by molar-refractivity contribution is 0.102. The maximum Gasteiger partial charge on any atom is 0.257 e. The number of carbonyl (C=O) groups is 1. The number of carbonyl (C=O) groups excluding carboxylic acids is 1. The Bertz CT molecular complexity index is 1100. The molecule has 0 aliphatic carbocycles. The lowest BCUT2D eigenvalue weighted by Gasteiger charge is -2.15. The van der Waals surface area contributed by atoms with Gasteiger partial charge in [0.25, 0.3) is 5.91 Å². The summed E-state index contributed by atoms with van der Waals surface area (Å²) in [5, 5.41) is 3.23. The zero-order valence-corrected chi connectivity index (χ0v) is 18.0. The first-order chi connectivity index (χ1) is 12.9. The third-order valence-electron chi connectivity index (χ3n) is 4.39. The molecule has 27 heavy (non-hydrogen) atoms. The highest BCUT2D eigenvalue weighted by atomic mass is 127. The number of nitrogens with one attached hydrogen (secondary N) is 1. The Kier molecular flexibility index (Phi) is 5.19. The number of amides is 1. The zero-order chi connectivity index (χ0) is 19.0. The van der Waals surface area contributed by atoms with Gasteiger partial charge in [0.2, 0.25) is 10.0 Å². The maximum atomic E-state index is 12.7. The monoisotopic (exact) mass is 513 g/mol. The fraction of sp³-hybridized carbons (Fsp3) is 0.222. The highest BCUT2D eigenvalue weighted by molar-refractivity contribution is 14.1. The number of aromatic nitrogens is 1. The molecule has 1 saturated heterocycles. The van der Waals surface area contributed by atoms with Crippen molar-refractivity contribution in [1.29, 1.82) is 0 Å². The smallest absolute Gasteiger partial charge is 0.257 e. The first-order valence-electron chi connectivity index (χ1n) is 8.41. The molecule has 0 atom stereocenters. The molecule has 1 aliphatic rings. The van der Waals surface area contributed by atoms with E-state index in [0.717, 1.165) is 21.1 Å². The SMILES string of the molecule is O=C(Nc1nc2ccc(S(=O)(=O)N3CCCC3)cc2s1)c1ccc(I)cc1. The van der Waals surface area contributed by atoms with Crippen LogP contribution in [0.15, 0.2) is 47.4 Å². The van der Waals surface area contributed by atoms with Crippen molar-refractivity contribution in [1.82, 2.24) is 9.29 Å². The van der Waals surface area contributed by atoms with Crippen molar-refractivity contribution in [3.05, 3.63) is 51.6 Å². The van der Waals surface area contributed by atoms with E-state index >= 15 is 0 Å². The summed E-state index contributed by atoms with van der Waals surface area (Å²) in [6.45, 7) is 1.14. The second kappa shape index (κ2) is 7.46. The number of anilines is 1. The van der Waals surface area contributed by atoms with Gasteiger partial charge in [0.05, 0.1) is 15.1 Å². The topological polar surface area (TPSA) is 79.4 Å². The molecule has 1 amide bonds. The lowest BCUT2D eigenvalue weighted by atomic mass is 10.2. The molecule has 1 fully saturated rings. The fourth-order valence-corrected chi connectivity index (χ4v) is 5.85. The van der Waals surface area contributed by atoms with Gasteiger partial charge in [0.15, 0.2) is 5.13 Å². The Morgan fingerprint density at radius 1 is 1.11 bits per heavy atom. The molecular weight excluding hydrogens is 497 g/mol. The van der Waals surface area contributed by atoms with Crippen LogP contribution < -0.4 is 5.32 Å². The molecule has 0 spiro atoms. The first-order valence-corrected chi connectivity index (χ1v) is 11.7. The van der Waals surface area contributed by atoms with Crippen molar-refractivity contribution < 1.29 is 13.2 Å². The van der Waals surface area contributed by atoms with Gasteiger partial charge >= 0.3 is 0 Å². The van der Waals surface area contributed by atoms with E-state index in [1.165, 1.54) is 15.6 Å². The van der Waals surface area contributed by atoms with Gasteiger partial charge in [0, 0.05) is 22.2 Å². The van der Waals surface area contributed by atoms with Crippen LogP contribution in [0.1, 0.15) is 23.2 Å². The second-order valence-electron chi connectivity index (χ2n) is 6.22. The Labute approximate surface area is 174 Å². The van der Waals surface area contributed by atoms with E-state index in [2.05, 4.69) is 32.9 Å². The largest absolute Gasteiger partial charge is 0.298 e. The average molecular weight is 513 g/mol. The van der Waals surface area contributed by atoms with E-state index in [1.807, 2.05) is 12.1 Å². The number of thiazole rings is 1. The van der Waals surface area contributed by atoms with Crippen molar-refractivity contribution in [2.45, 2.75) is 17.7 Å². The predicted molar refractivity (Wildman–Crippen MR) is 115 cm³/mol. The standard InChI is InChI=1S/C18H16IN3O3S2/c19-13-5-3-12(4-6-13)17(23)21-18-20-15-8-7-14(11-16(15)26-18)27(24,25)22-9-1-2-10-22/h3-8,11H,1-2,9-10H2,(H,20,21,23). The summed E-state index contributed by atoms with van der Waals surface area (Å²) in [7, 11) is -3.47. The molecule has 1 aromatic heterocycles. The number of rotatable bonds is 4. The third kappa shape index (κ3) is 3.86. The highest BCUT2D eigenvalue weighted by Crippen LogP contribution is 2.30. The molecule has 1 N–H and O–H groups in total. The van der Waals surface area contributed by atoms with Crippen LogP contribution in [-0.4, -0.2) is 36.7 Å². The van der Waals surface area contributed by atoms with Crippen molar-refractivity contribution in [3.63, 3.8) is 0 Å². The van der Waals surface area contributed by atoms with Crippen LogP contribution in [0.3, 0.4) is 0 Å². The van der Waals surface area contributed by atoms with Crippen LogP contribution in [-0.2, 0) is 10.0 Å². The fourth-order valence-electron chi connectivity index (χ4n) is 2.97. The Balaban J connectivity index is 1.59.